The van der Waals surface area contributed by atoms with Gasteiger partial charge < -0.3 is 14.0 Å². The van der Waals surface area contributed by atoms with Crippen LogP contribution in [-0.4, -0.2) is 42.8 Å². The van der Waals surface area contributed by atoms with Gasteiger partial charge in [-0.2, -0.15) is 0 Å². The second-order valence-electron chi connectivity index (χ2n) is 12.0. The summed E-state index contributed by atoms with van der Waals surface area (Å²) in [5.41, 5.74) is 11.4. The summed E-state index contributed by atoms with van der Waals surface area (Å²) in [6.07, 6.45) is 0.0519. The highest BCUT2D eigenvalue weighted by atomic mass is 32.2. The molecule has 1 heterocycles. The van der Waals surface area contributed by atoms with Crippen LogP contribution in [0.1, 0.15) is 57.7 Å². The molecule has 0 amide bonds. The highest BCUT2D eigenvalue weighted by Crippen LogP contribution is 2.44. The maximum Gasteiger partial charge on any atom is 0.137 e. The third kappa shape index (κ3) is 8.11. The Morgan fingerprint density at radius 2 is 1.67 bits per heavy atom. The van der Waals surface area contributed by atoms with Crippen LogP contribution < -0.4 is 0 Å². The molecule has 42 heavy (non-hydrogen) atoms. The fraction of sp³-hybridized carbons (Fsp3) is 0.455. The second-order valence-corrected chi connectivity index (χ2v) is 15.4. The first kappa shape index (κ1) is 32.4. The molecule has 224 valence electrons. The van der Waals surface area contributed by atoms with Crippen LogP contribution in [-0.2, 0) is 34.0 Å². The minimum Gasteiger partial charge on any atom is -0.597 e. The lowest BCUT2D eigenvalue weighted by atomic mass is 9.84. The van der Waals surface area contributed by atoms with Gasteiger partial charge in [0.1, 0.15) is 15.8 Å². The molecule has 0 aliphatic carbocycles. The number of thioether (sulfide) groups is 1. The zero-order valence-electron chi connectivity index (χ0n) is 25.3. The molecule has 0 unspecified atom stereocenters. The number of ether oxygens (including phenoxy) is 2. The molecule has 4 rings (SSSR count). The van der Waals surface area contributed by atoms with Crippen LogP contribution in [0.4, 0.5) is 0 Å². The Morgan fingerprint density at radius 1 is 1.07 bits per heavy atom. The Bertz CT molecular complexity index is 1320. The van der Waals surface area contributed by atoms with E-state index in [1.807, 2.05) is 73.6 Å². The molecule has 1 fully saturated rings. The van der Waals surface area contributed by atoms with Crippen molar-refractivity contribution in [3.63, 3.8) is 0 Å². The van der Waals surface area contributed by atoms with E-state index in [-0.39, 0.29) is 6.04 Å². The van der Waals surface area contributed by atoms with E-state index in [4.69, 9.17) is 9.47 Å². The van der Waals surface area contributed by atoms with Crippen molar-refractivity contribution in [1.29, 1.82) is 0 Å². The molecule has 1 aliphatic heterocycles. The van der Waals surface area contributed by atoms with Crippen molar-refractivity contribution in [1.82, 2.24) is 4.31 Å². The van der Waals surface area contributed by atoms with E-state index in [0.717, 1.165) is 16.0 Å². The van der Waals surface area contributed by atoms with Crippen molar-refractivity contribution in [2.45, 2.75) is 100.0 Å². The molecule has 0 spiro atoms. The van der Waals surface area contributed by atoms with Crippen molar-refractivity contribution in [3.05, 3.63) is 112 Å². The quantitative estimate of drug-likeness (QED) is 0.0949. The van der Waals surface area contributed by atoms with Gasteiger partial charge in [-0.15, -0.1) is 4.31 Å². The Morgan fingerprint density at radius 3 is 2.24 bits per heavy atom. The summed E-state index contributed by atoms with van der Waals surface area (Å²) < 4.78 is 29.3. The monoisotopic (exact) mass is 606 g/mol. The van der Waals surface area contributed by atoms with Gasteiger partial charge in [-0.05, 0) is 76.8 Å². The van der Waals surface area contributed by atoms with Gasteiger partial charge in [0.2, 0.25) is 0 Å². The molecule has 1 saturated heterocycles. The summed E-state index contributed by atoms with van der Waals surface area (Å²) in [6.45, 7) is 13.0. The summed E-state index contributed by atoms with van der Waals surface area (Å²) in [5, 5.41) is 4.18. The van der Waals surface area contributed by atoms with E-state index in [1.54, 1.807) is 11.8 Å². The number of rotatable bonds is 11. The number of hydrogen-bond acceptors (Lipinski definition) is 6. The summed E-state index contributed by atoms with van der Waals surface area (Å²) in [6, 6.07) is 27.6. The van der Waals surface area contributed by atoms with Crippen LogP contribution in [0.15, 0.2) is 94.9 Å². The predicted octanol–water partition coefficient (Wildman–Crippen LogP) is 8.21. The Balaban J connectivity index is 1.72. The predicted molar refractivity (Wildman–Crippen MR) is 172 cm³/mol. The zero-order valence-corrected chi connectivity index (χ0v) is 27.0. The third-order valence-electron chi connectivity index (χ3n) is 7.73. The van der Waals surface area contributed by atoms with Crippen molar-refractivity contribution < 1.29 is 14.0 Å². The molecule has 6 atom stereocenters. The maximum absolute atomic E-state index is 14.1. The van der Waals surface area contributed by atoms with E-state index in [1.165, 1.54) is 5.56 Å². The SMILES string of the molecule is Cc1ccc(S[C@@H]2O[C@](C)([C@H](C)N(Cc3ccccc3)[S@@+]([O-])C(C)(C)C)[C@@H](OCc3ccccc3)C[C@H]2N=[N+]=[N-])cc1. The van der Waals surface area contributed by atoms with Gasteiger partial charge in [-0.25, -0.2) is 0 Å². The maximum atomic E-state index is 14.1. The van der Waals surface area contributed by atoms with E-state index < -0.39 is 39.3 Å². The lowest BCUT2D eigenvalue weighted by Gasteiger charge is -2.52. The molecule has 3 aromatic carbocycles. The van der Waals surface area contributed by atoms with Crippen LogP contribution in [0.2, 0.25) is 0 Å². The van der Waals surface area contributed by atoms with Crippen LogP contribution >= 0.6 is 11.8 Å². The molecule has 9 heteroatoms. The average Bonchev–Trinajstić information content (AvgIpc) is 2.97. The van der Waals surface area contributed by atoms with Gasteiger partial charge in [0.05, 0.1) is 31.3 Å². The highest BCUT2D eigenvalue weighted by molar-refractivity contribution is 7.99. The smallest absolute Gasteiger partial charge is 0.137 e. The fourth-order valence-electron chi connectivity index (χ4n) is 5.10. The van der Waals surface area contributed by atoms with E-state index in [0.29, 0.717) is 19.6 Å². The summed E-state index contributed by atoms with van der Waals surface area (Å²) in [4.78, 5) is 4.21. The first-order chi connectivity index (χ1) is 20.0. The summed E-state index contributed by atoms with van der Waals surface area (Å²) in [5.74, 6) is 0. The molecular formula is C33H42N4O3S2. The molecule has 0 radical (unpaired) electrons. The van der Waals surface area contributed by atoms with Crippen molar-refractivity contribution in [2.75, 3.05) is 0 Å². The fourth-order valence-corrected chi connectivity index (χ4v) is 7.71. The Kier molecular flexibility index (Phi) is 11.1. The molecule has 0 saturated carbocycles. The van der Waals surface area contributed by atoms with Crippen LogP contribution in [0.5, 0.6) is 0 Å². The number of benzene rings is 3. The number of nitrogens with zero attached hydrogens (tertiary/aromatic N) is 4. The standard InChI is InChI=1S/C33H42N4O3S2/c1-24-17-19-28(20-18-24)41-31-29(35-36-34)21-30(39-23-27-15-11-8-12-16-27)33(6,40-31)25(2)37(42(38)32(3,4)5)22-26-13-9-7-10-14-26/h7-20,25,29-31H,21-23H2,1-6H3/t25-,29+,30-,31-,33+,42-/m0/s1. The van der Waals surface area contributed by atoms with Crippen LogP contribution in [0.25, 0.3) is 10.4 Å². The normalized spacial score (nSPS) is 24.1. The zero-order chi connectivity index (χ0) is 30.3. The first-order valence-corrected chi connectivity index (χ1v) is 16.3. The van der Waals surface area contributed by atoms with E-state index in [2.05, 4.69) is 67.2 Å². The molecule has 0 bridgehead atoms. The van der Waals surface area contributed by atoms with Crippen molar-refractivity contribution >= 4 is 23.1 Å². The first-order valence-electron chi connectivity index (χ1n) is 14.3. The average molecular weight is 607 g/mol. The van der Waals surface area contributed by atoms with Crippen LogP contribution in [0.3, 0.4) is 0 Å². The molecule has 7 nitrogen and oxygen atoms in total. The topological polar surface area (TPSA) is 93.5 Å². The lowest BCUT2D eigenvalue weighted by molar-refractivity contribution is -0.204. The van der Waals surface area contributed by atoms with Crippen molar-refractivity contribution in [3.8, 4) is 0 Å². The minimum atomic E-state index is -1.34. The lowest BCUT2D eigenvalue weighted by Crippen LogP contribution is -2.65. The van der Waals surface area contributed by atoms with Gasteiger partial charge in [-0.1, -0.05) is 95.2 Å². The second kappa shape index (κ2) is 14.3. The van der Waals surface area contributed by atoms with Gasteiger partial charge >= 0.3 is 0 Å². The highest BCUT2D eigenvalue weighted by Gasteiger charge is 2.54. The number of aryl methyl sites for hydroxylation is 1. The van der Waals surface area contributed by atoms with E-state index in [9.17, 15) is 10.1 Å². The molecule has 0 aromatic heterocycles. The van der Waals surface area contributed by atoms with Crippen LogP contribution in [0, 0.1) is 6.92 Å². The van der Waals surface area contributed by atoms with Crippen molar-refractivity contribution in [2.24, 2.45) is 5.11 Å². The Labute approximate surface area is 257 Å². The summed E-state index contributed by atoms with van der Waals surface area (Å²) >= 11 is 0.207. The molecular weight excluding hydrogens is 565 g/mol. The molecule has 1 aliphatic rings. The Hall–Kier alpha value is -2.49. The third-order valence-corrected chi connectivity index (χ3v) is 10.8. The summed E-state index contributed by atoms with van der Waals surface area (Å²) in [7, 11) is 0. The molecule has 3 aromatic rings. The largest absolute Gasteiger partial charge is 0.597 e. The number of hydrogen-bond donors (Lipinski definition) is 0. The van der Waals surface area contributed by atoms with Gasteiger partial charge in [0.25, 0.3) is 0 Å². The van der Waals surface area contributed by atoms with Gasteiger partial charge in [-0.3, -0.25) is 0 Å². The number of azide groups is 1. The van der Waals surface area contributed by atoms with Gasteiger partial charge in [0, 0.05) is 21.2 Å². The van der Waals surface area contributed by atoms with E-state index >= 15 is 0 Å². The molecule has 0 N–H and O–H groups in total. The minimum absolute atomic E-state index is 0.313. The van der Waals surface area contributed by atoms with Gasteiger partial charge in [0.15, 0.2) is 0 Å².